The van der Waals surface area contributed by atoms with Crippen molar-refractivity contribution in [1.82, 2.24) is 14.4 Å². The minimum Gasteiger partial charge on any atom is -0.357 e. The highest BCUT2D eigenvalue weighted by Crippen LogP contribution is 2.23. The molecular weight excluding hydrogens is 338 g/mol. The quantitative estimate of drug-likeness (QED) is 0.768. The highest BCUT2D eigenvalue weighted by atomic mass is 16.2. The number of piperidine rings is 1. The van der Waals surface area contributed by atoms with Gasteiger partial charge in [0.15, 0.2) is 0 Å². The summed E-state index contributed by atoms with van der Waals surface area (Å²) in [7, 11) is 0. The molecule has 4 rings (SSSR count). The van der Waals surface area contributed by atoms with Crippen molar-refractivity contribution in [3.05, 3.63) is 53.6 Å². The molecule has 6 heteroatoms. The number of carbonyl (C=O) groups is 1. The summed E-state index contributed by atoms with van der Waals surface area (Å²) in [4.78, 5) is 24.2. The largest absolute Gasteiger partial charge is 0.357 e. The highest BCUT2D eigenvalue weighted by molar-refractivity contribution is 6.04. The fourth-order valence-corrected chi connectivity index (χ4v) is 3.67. The summed E-state index contributed by atoms with van der Waals surface area (Å²) < 4.78 is 1.84. The van der Waals surface area contributed by atoms with Crippen molar-refractivity contribution < 1.29 is 4.79 Å². The number of amides is 1. The Hall–Kier alpha value is -2.89. The van der Waals surface area contributed by atoms with E-state index in [0.29, 0.717) is 17.1 Å². The van der Waals surface area contributed by atoms with Gasteiger partial charge in [-0.25, -0.2) is 9.97 Å². The molecule has 0 aliphatic carbocycles. The molecule has 140 valence electrons. The summed E-state index contributed by atoms with van der Waals surface area (Å²) in [5.41, 5.74) is 3.82. The second kappa shape index (κ2) is 7.02. The van der Waals surface area contributed by atoms with Crippen LogP contribution in [0, 0.1) is 19.8 Å². The van der Waals surface area contributed by atoms with Gasteiger partial charge in [-0.1, -0.05) is 13.0 Å². The zero-order chi connectivity index (χ0) is 19.0. The Morgan fingerprint density at radius 3 is 2.67 bits per heavy atom. The molecule has 27 heavy (non-hydrogen) atoms. The topological polar surface area (TPSA) is 62.5 Å². The average molecular weight is 363 g/mol. The number of nitrogens with one attached hydrogen (secondary N) is 1. The lowest BCUT2D eigenvalue weighted by atomic mass is 9.99. The molecule has 0 bridgehead atoms. The Morgan fingerprint density at radius 1 is 1.19 bits per heavy atom. The molecule has 1 aliphatic heterocycles. The van der Waals surface area contributed by atoms with Crippen molar-refractivity contribution in [1.29, 1.82) is 0 Å². The molecule has 3 aromatic heterocycles. The van der Waals surface area contributed by atoms with Gasteiger partial charge >= 0.3 is 0 Å². The van der Waals surface area contributed by atoms with Gasteiger partial charge in [-0.2, -0.15) is 0 Å². The van der Waals surface area contributed by atoms with Crippen LogP contribution in [0.3, 0.4) is 0 Å². The summed E-state index contributed by atoms with van der Waals surface area (Å²) in [6, 6.07) is 7.82. The fraction of sp³-hybridized carbons (Fsp3) is 0.381. The second-order valence-electron chi connectivity index (χ2n) is 7.46. The van der Waals surface area contributed by atoms with E-state index in [4.69, 9.17) is 0 Å². The van der Waals surface area contributed by atoms with Gasteiger partial charge in [0.05, 0.1) is 17.6 Å². The smallest absolute Gasteiger partial charge is 0.274 e. The first-order valence-electron chi connectivity index (χ1n) is 9.49. The van der Waals surface area contributed by atoms with Crippen molar-refractivity contribution >= 4 is 23.1 Å². The minimum atomic E-state index is -0.174. The monoisotopic (exact) mass is 363 g/mol. The van der Waals surface area contributed by atoms with Crippen LogP contribution in [0.4, 0.5) is 11.5 Å². The van der Waals surface area contributed by atoms with Crippen molar-refractivity contribution in [2.24, 2.45) is 5.92 Å². The third-order valence-electron chi connectivity index (χ3n) is 5.35. The van der Waals surface area contributed by atoms with Crippen LogP contribution in [0.1, 0.15) is 41.5 Å². The SMILES string of the molecule is Cc1nc2c(C)cccn2c1C(=O)Nc1ccc(N2CCC(C)CC2)nc1. The van der Waals surface area contributed by atoms with Crippen molar-refractivity contribution in [2.45, 2.75) is 33.6 Å². The Kier molecular flexibility index (Phi) is 4.56. The van der Waals surface area contributed by atoms with Crippen LogP contribution in [-0.4, -0.2) is 33.4 Å². The number of aryl methyl sites for hydroxylation is 2. The molecule has 1 fully saturated rings. The lowest BCUT2D eigenvalue weighted by Crippen LogP contribution is -2.33. The summed E-state index contributed by atoms with van der Waals surface area (Å²) >= 11 is 0. The summed E-state index contributed by atoms with van der Waals surface area (Å²) in [6.07, 6.45) is 6.01. The van der Waals surface area contributed by atoms with Gasteiger partial charge in [-0.3, -0.25) is 9.20 Å². The lowest BCUT2D eigenvalue weighted by Gasteiger charge is -2.31. The van der Waals surface area contributed by atoms with Crippen LogP contribution >= 0.6 is 0 Å². The maximum absolute atomic E-state index is 12.8. The van der Waals surface area contributed by atoms with Gasteiger partial charge in [0, 0.05) is 19.3 Å². The van der Waals surface area contributed by atoms with Gasteiger partial charge in [0.1, 0.15) is 17.2 Å². The standard InChI is InChI=1S/C21H25N5O/c1-14-8-11-25(12-9-14)18-7-6-17(13-22-18)24-21(27)19-16(3)23-20-15(2)5-4-10-26(19)20/h4-7,10,13-14H,8-9,11-12H2,1-3H3,(H,24,27). The second-order valence-corrected chi connectivity index (χ2v) is 7.46. The number of hydrogen-bond acceptors (Lipinski definition) is 4. The third-order valence-corrected chi connectivity index (χ3v) is 5.35. The fourth-order valence-electron chi connectivity index (χ4n) is 3.67. The molecule has 0 spiro atoms. The molecule has 1 saturated heterocycles. The number of aromatic nitrogens is 3. The molecule has 6 nitrogen and oxygen atoms in total. The summed E-state index contributed by atoms with van der Waals surface area (Å²) in [6.45, 7) is 8.24. The Balaban J connectivity index is 1.52. The molecule has 0 atom stereocenters. The normalized spacial score (nSPS) is 15.3. The highest BCUT2D eigenvalue weighted by Gasteiger charge is 2.19. The van der Waals surface area contributed by atoms with Gasteiger partial charge in [0.2, 0.25) is 0 Å². The molecule has 0 aromatic carbocycles. The Bertz CT molecular complexity index is 968. The van der Waals surface area contributed by atoms with Gasteiger partial charge < -0.3 is 10.2 Å². The zero-order valence-corrected chi connectivity index (χ0v) is 16.1. The van der Waals surface area contributed by atoms with Crippen molar-refractivity contribution in [3.63, 3.8) is 0 Å². The van der Waals surface area contributed by atoms with E-state index in [-0.39, 0.29) is 5.91 Å². The van der Waals surface area contributed by atoms with Crippen molar-refractivity contribution in [3.8, 4) is 0 Å². The van der Waals surface area contributed by atoms with E-state index in [1.54, 1.807) is 6.20 Å². The molecular formula is C21H25N5O. The first kappa shape index (κ1) is 17.5. The first-order chi connectivity index (χ1) is 13.0. The van der Waals surface area contributed by atoms with E-state index >= 15 is 0 Å². The number of fused-ring (bicyclic) bond motifs is 1. The predicted octanol–water partition coefficient (Wildman–Crippen LogP) is 3.83. The molecule has 4 heterocycles. The third kappa shape index (κ3) is 3.39. The van der Waals surface area contributed by atoms with E-state index in [0.717, 1.165) is 36.0 Å². The molecule has 1 amide bonds. The van der Waals surface area contributed by atoms with E-state index in [9.17, 15) is 4.79 Å². The number of rotatable bonds is 3. The number of imidazole rings is 1. The zero-order valence-electron chi connectivity index (χ0n) is 16.1. The molecule has 0 radical (unpaired) electrons. The van der Waals surface area contributed by atoms with E-state index in [1.165, 1.54) is 12.8 Å². The first-order valence-corrected chi connectivity index (χ1v) is 9.49. The van der Waals surface area contributed by atoms with Crippen molar-refractivity contribution in [2.75, 3.05) is 23.3 Å². The number of hydrogen-bond donors (Lipinski definition) is 1. The van der Waals surface area contributed by atoms with Crippen LogP contribution in [0.25, 0.3) is 5.65 Å². The molecule has 0 saturated carbocycles. The molecule has 1 aliphatic rings. The predicted molar refractivity (Wildman–Crippen MR) is 107 cm³/mol. The number of anilines is 2. The van der Waals surface area contributed by atoms with Gasteiger partial charge in [0.25, 0.3) is 5.91 Å². The maximum atomic E-state index is 12.8. The Morgan fingerprint density at radius 2 is 1.96 bits per heavy atom. The van der Waals surface area contributed by atoms with Gasteiger partial charge in [-0.15, -0.1) is 0 Å². The van der Waals surface area contributed by atoms with Crippen LogP contribution in [-0.2, 0) is 0 Å². The summed E-state index contributed by atoms with van der Waals surface area (Å²) in [5.74, 6) is 1.59. The van der Waals surface area contributed by atoms with Crippen LogP contribution < -0.4 is 10.2 Å². The van der Waals surface area contributed by atoms with Gasteiger partial charge in [-0.05, 0) is 56.4 Å². The minimum absolute atomic E-state index is 0.174. The molecule has 3 aromatic rings. The number of carbonyl (C=O) groups excluding carboxylic acids is 1. The maximum Gasteiger partial charge on any atom is 0.274 e. The van der Waals surface area contributed by atoms with E-state index in [1.807, 2.05) is 48.7 Å². The van der Waals surface area contributed by atoms with E-state index in [2.05, 4.69) is 27.1 Å². The number of nitrogens with zero attached hydrogens (tertiary/aromatic N) is 4. The lowest BCUT2D eigenvalue weighted by molar-refractivity contribution is 0.102. The average Bonchev–Trinajstić information content (AvgIpc) is 3.00. The van der Waals surface area contributed by atoms with Crippen LogP contribution in [0.5, 0.6) is 0 Å². The Labute approximate surface area is 159 Å². The molecule has 1 N–H and O–H groups in total. The van der Waals surface area contributed by atoms with Crippen LogP contribution in [0.15, 0.2) is 36.7 Å². The molecule has 0 unspecified atom stereocenters. The summed E-state index contributed by atoms with van der Waals surface area (Å²) in [5, 5.41) is 2.95. The van der Waals surface area contributed by atoms with Crippen LogP contribution in [0.2, 0.25) is 0 Å². The van der Waals surface area contributed by atoms with E-state index < -0.39 is 0 Å². The number of pyridine rings is 2.